The van der Waals surface area contributed by atoms with E-state index in [-0.39, 0.29) is 11.3 Å². The Bertz CT molecular complexity index is 1360. The summed E-state index contributed by atoms with van der Waals surface area (Å²) in [7, 11) is 0. The molecule has 0 aliphatic heterocycles. The number of aromatic nitrogens is 3. The Morgan fingerprint density at radius 3 is 2.56 bits per heavy atom. The minimum Gasteiger partial charge on any atom is -0.384 e. The first-order valence-corrected chi connectivity index (χ1v) is 10.1. The van der Waals surface area contributed by atoms with Crippen molar-refractivity contribution >= 4 is 28.9 Å². The second kappa shape index (κ2) is 9.18. The molecule has 0 saturated heterocycles. The predicted molar refractivity (Wildman–Crippen MR) is 124 cm³/mol. The Morgan fingerprint density at radius 2 is 1.79 bits per heavy atom. The molecule has 2 aromatic carbocycles. The van der Waals surface area contributed by atoms with Gasteiger partial charge in [-0.05, 0) is 55.0 Å². The molecule has 4 N–H and O–H groups in total. The fourth-order valence-corrected chi connectivity index (χ4v) is 3.23. The van der Waals surface area contributed by atoms with Crippen LogP contribution in [-0.2, 0) is 6.18 Å². The number of nitrogen functional groups attached to an aromatic ring is 1. The molecule has 10 heteroatoms. The molecule has 1 amide bonds. The largest absolute Gasteiger partial charge is 0.416 e. The van der Waals surface area contributed by atoms with Gasteiger partial charge in [-0.25, -0.2) is 15.0 Å². The van der Waals surface area contributed by atoms with Gasteiger partial charge in [-0.15, -0.1) is 0 Å². The topological polar surface area (TPSA) is 106 Å². The number of pyridine rings is 1. The van der Waals surface area contributed by atoms with E-state index in [0.717, 1.165) is 17.7 Å². The minimum absolute atomic E-state index is 0.0447. The van der Waals surface area contributed by atoms with Gasteiger partial charge in [0.25, 0.3) is 5.91 Å². The number of carbonyl (C=O) groups excluding carboxylic acids is 1. The number of nitrogens with zero attached hydrogens (tertiary/aromatic N) is 3. The number of anilines is 4. The summed E-state index contributed by atoms with van der Waals surface area (Å²) >= 11 is 0. The summed E-state index contributed by atoms with van der Waals surface area (Å²) in [6, 6.07) is 14.6. The van der Waals surface area contributed by atoms with Crippen molar-refractivity contribution in [1.29, 1.82) is 0 Å². The van der Waals surface area contributed by atoms with Crippen LogP contribution in [-0.4, -0.2) is 20.9 Å². The van der Waals surface area contributed by atoms with E-state index < -0.39 is 17.6 Å². The molecular formula is C24H19F3N6O. The number of nitrogens with two attached hydrogens (primary N) is 1. The highest BCUT2D eigenvalue weighted by atomic mass is 19.4. The van der Waals surface area contributed by atoms with Crippen LogP contribution in [0, 0.1) is 6.92 Å². The molecule has 0 bridgehead atoms. The van der Waals surface area contributed by atoms with Crippen LogP contribution < -0.4 is 16.4 Å². The lowest BCUT2D eigenvalue weighted by molar-refractivity contribution is -0.137. The number of aryl methyl sites for hydroxylation is 1. The van der Waals surface area contributed by atoms with E-state index >= 15 is 0 Å². The molecule has 0 aliphatic rings. The SMILES string of the molecule is Cc1ccc(C(=O)Nc2cccc(C(F)(F)F)c2)cc1Nc1ncccc1-c1cc(N)ncn1. The van der Waals surface area contributed by atoms with Crippen molar-refractivity contribution in [3.63, 3.8) is 0 Å². The molecule has 0 radical (unpaired) electrons. The highest BCUT2D eigenvalue weighted by molar-refractivity contribution is 6.05. The quantitative estimate of drug-likeness (QED) is 0.363. The third-order valence-corrected chi connectivity index (χ3v) is 4.97. The third-order valence-electron chi connectivity index (χ3n) is 4.97. The molecular weight excluding hydrogens is 445 g/mol. The predicted octanol–water partition coefficient (Wildman–Crippen LogP) is 5.44. The number of hydrogen-bond acceptors (Lipinski definition) is 6. The van der Waals surface area contributed by atoms with Crippen molar-refractivity contribution in [2.45, 2.75) is 13.1 Å². The summed E-state index contributed by atoms with van der Waals surface area (Å²) in [5.74, 6) is 0.246. The fraction of sp³-hybridized carbons (Fsp3) is 0.0833. The number of rotatable bonds is 5. The van der Waals surface area contributed by atoms with Crippen molar-refractivity contribution in [1.82, 2.24) is 15.0 Å². The van der Waals surface area contributed by atoms with E-state index in [1.807, 2.05) is 13.0 Å². The minimum atomic E-state index is -4.50. The Morgan fingerprint density at radius 1 is 0.971 bits per heavy atom. The molecule has 4 aromatic rings. The highest BCUT2D eigenvalue weighted by Crippen LogP contribution is 2.31. The molecule has 172 valence electrons. The van der Waals surface area contributed by atoms with Crippen LogP contribution >= 0.6 is 0 Å². The van der Waals surface area contributed by atoms with Crippen LogP contribution in [0.1, 0.15) is 21.5 Å². The van der Waals surface area contributed by atoms with E-state index in [0.29, 0.717) is 28.6 Å². The van der Waals surface area contributed by atoms with E-state index in [2.05, 4.69) is 25.6 Å². The number of halogens is 3. The number of alkyl halides is 3. The zero-order valence-electron chi connectivity index (χ0n) is 17.9. The number of nitrogens with one attached hydrogen (secondary N) is 2. The van der Waals surface area contributed by atoms with Gasteiger partial charge in [0.15, 0.2) is 0 Å². The summed E-state index contributed by atoms with van der Waals surface area (Å²) in [6.45, 7) is 1.85. The standard InChI is InChI=1S/C24H19F3N6O/c1-14-7-8-15(23(34)32-17-5-2-4-16(11-17)24(25,26)27)10-19(14)33-22-18(6-3-9-29-22)20-12-21(28)31-13-30-20/h2-13H,1H3,(H,29,33)(H,32,34)(H2,28,30,31). The second-order valence-electron chi connectivity index (χ2n) is 7.42. The molecule has 0 aliphatic carbocycles. The van der Waals surface area contributed by atoms with E-state index in [4.69, 9.17) is 5.73 Å². The molecule has 0 unspecified atom stereocenters. The Hall–Kier alpha value is -4.47. The number of hydrogen-bond donors (Lipinski definition) is 3. The fourth-order valence-electron chi connectivity index (χ4n) is 3.23. The average Bonchev–Trinajstić information content (AvgIpc) is 2.80. The lowest BCUT2D eigenvalue weighted by Crippen LogP contribution is -2.13. The second-order valence-corrected chi connectivity index (χ2v) is 7.42. The van der Waals surface area contributed by atoms with Crippen LogP contribution in [0.2, 0.25) is 0 Å². The van der Waals surface area contributed by atoms with Gasteiger partial charge < -0.3 is 16.4 Å². The van der Waals surface area contributed by atoms with Crippen molar-refractivity contribution in [2.24, 2.45) is 0 Å². The molecule has 2 aromatic heterocycles. The summed E-state index contributed by atoms with van der Waals surface area (Å²) < 4.78 is 38.9. The van der Waals surface area contributed by atoms with Crippen molar-refractivity contribution in [3.8, 4) is 11.3 Å². The average molecular weight is 464 g/mol. The van der Waals surface area contributed by atoms with Crippen LogP contribution in [0.15, 0.2) is 73.2 Å². The smallest absolute Gasteiger partial charge is 0.384 e. The lowest BCUT2D eigenvalue weighted by atomic mass is 10.1. The van der Waals surface area contributed by atoms with E-state index in [1.165, 1.54) is 18.5 Å². The monoisotopic (exact) mass is 464 g/mol. The molecule has 7 nitrogen and oxygen atoms in total. The Kier molecular flexibility index (Phi) is 6.13. The molecule has 0 atom stereocenters. The molecule has 0 saturated carbocycles. The van der Waals surface area contributed by atoms with Crippen molar-refractivity contribution < 1.29 is 18.0 Å². The summed E-state index contributed by atoms with van der Waals surface area (Å²) in [5, 5.41) is 5.72. The number of benzene rings is 2. The summed E-state index contributed by atoms with van der Waals surface area (Å²) in [5.41, 5.74) is 7.90. The zero-order valence-corrected chi connectivity index (χ0v) is 17.9. The van der Waals surface area contributed by atoms with E-state index in [9.17, 15) is 18.0 Å². The molecule has 0 fully saturated rings. The first-order chi connectivity index (χ1) is 16.2. The molecule has 4 rings (SSSR count). The van der Waals surface area contributed by atoms with Gasteiger partial charge in [0.2, 0.25) is 0 Å². The van der Waals surface area contributed by atoms with Crippen LogP contribution in [0.4, 0.5) is 36.2 Å². The van der Waals surface area contributed by atoms with Gasteiger partial charge in [0.1, 0.15) is 18.0 Å². The zero-order chi connectivity index (χ0) is 24.3. The maximum absolute atomic E-state index is 13.0. The number of carbonyl (C=O) groups is 1. The van der Waals surface area contributed by atoms with Crippen LogP contribution in [0.25, 0.3) is 11.3 Å². The Labute approximate surface area is 192 Å². The van der Waals surface area contributed by atoms with Gasteiger partial charge in [-0.1, -0.05) is 12.1 Å². The van der Waals surface area contributed by atoms with Gasteiger partial charge in [-0.2, -0.15) is 13.2 Å². The van der Waals surface area contributed by atoms with E-state index in [1.54, 1.807) is 36.5 Å². The molecule has 2 heterocycles. The normalized spacial score (nSPS) is 11.2. The first kappa shape index (κ1) is 22.7. The van der Waals surface area contributed by atoms with Crippen molar-refractivity contribution in [2.75, 3.05) is 16.4 Å². The summed E-state index contributed by atoms with van der Waals surface area (Å²) in [6.07, 6.45) is -1.54. The maximum Gasteiger partial charge on any atom is 0.416 e. The maximum atomic E-state index is 13.0. The molecule has 34 heavy (non-hydrogen) atoms. The molecule has 0 spiro atoms. The van der Waals surface area contributed by atoms with Crippen LogP contribution in [0.3, 0.4) is 0 Å². The van der Waals surface area contributed by atoms with Gasteiger partial charge in [-0.3, -0.25) is 4.79 Å². The Balaban J connectivity index is 1.60. The van der Waals surface area contributed by atoms with Gasteiger partial charge >= 0.3 is 6.18 Å². The first-order valence-electron chi connectivity index (χ1n) is 10.1. The van der Waals surface area contributed by atoms with Crippen molar-refractivity contribution in [3.05, 3.63) is 89.9 Å². The lowest BCUT2D eigenvalue weighted by Gasteiger charge is -2.14. The number of amides is 1. The highest BCUT2D eigenvalue weighted by Gasteiger charge is 2.30. The van der Waals surface area contributed by atoms with Gasteiger partial charge in [0.05, 0.1) is 11.3 Å². The van der Waals surface area contributed by atoms with Crippen LogP contribution in [0.5, 0.6) is 0 Å². The summed E-state index contributed by atoms with van der Waals surface area (Å²) in [4.78, 5) is 25.3. The van der Waals surface area contributed by atoms with Gasteiger partial charge in [0, 0.05) is 34.8 Å². The third kappa shape index (κ3) is 5.12.